The number of aromatic nitrogens is 3. The highest BCUT2D eigenvalue weighted by molar-refractivity contribution is 7.99. The predicted octanol–water partition coefficient (Wildman–Crippen LogP) is 4.26. The van der Waals surface area contributed by atoms with E-state index in [9.17, 15) is 10.1 Å². The maximum absolute atomic E-state index is 12.5. The lowest BCUT2D eigenvalue weighted by atomic mass is 9.89. The highest BCUT2D eigenvalue weighted by Gasteiger charge is 2.24. The Kier molecular flexibility index (Phi) is 6.04. The number of thiophene rings is 2. The summed E-state index contributed by atoms with van der Waals surface area (Å²) in [6.45, 7) is 2.23. The smallest absolute Gasteiger partial charge is 0.235 e. The fourth-order valence-electron chi connectivity index (χ4n) is 3.44. The van der Waals surface area contributed by atoms with Crippen LogP contribution in [0.3, 0.4) is 0 Å². The number of nitriles is 1. The molecule has 150 valence electrons. The number of carbonyl (C=O) groups excluding carboxylic acids is 1. The third kappa shape index (κ3) is 4.39. The number of hydrogen-bond acceptors (Lipinski definition) is 7. The molecule has 3 aromatic heterocycles. The SMILES string of the molecule is CC1CCc2c(sc(NC(=O)CSc3nnc(Cc4cccs4)n3C)c2C#N)C1. The number of rotatable bonds is 6. The van der Waals surface area contributed by atoms with Crippen LogP contribution in [0, 0.1) is 17.2 Å². The zero-order valence-corrected chi connectivity index (χ0v) is 18.7. The Hall–Kier alpha value is -2.15. The van der Waals surface area contributed by atoms with Gasteiger partial charge in [-0.05, 0) is 42.2 Å². The average molecular weight is 444 g/mol. The van der Waals surface area contributed by atoms with Crippen molar-refractivity contribution in [1.82, 2.24) is 14.8 Å². The Morgan fingerprint density at radius 3 is 3.10 bits per heavy atom. The molecule has 1 atom stereocenters. The van der Waals surface area contributed by atoms with Gasteiger partial charge in [-0.1, -0.05) is 24.8 Å². The van der Waals surface area contributed by atoms with E-state index in [-0.39, 0.29) is 11.7 Å². The molecule has 1 unspecified atom stereocenters. The molecule has 29 heavy (non-hydrogen) atoms. The molecule has 3 aromatic rings. The molecule has 4 rings (SSSR count). The van der Waals surface area contributed by atoms with Crippen LogP contribution in [-0.2, 0) is 31.1 Å². The van der Waals surface area contributed by atoms with E-state index in [1.807, 2.05) is 23.1 Å². The summed E-state index contributed by atoms with van der Waals surface area (Å²) >= 11 is 4.61. The monoisotopic (exact) mass is 443 g/mol. The normalized spacial score (nSPS) is 15.7. The van der Waals surface area contributed by atoms with E-state index in [2.05, 4.69) is 34.6 Å². The third-order valence-electron chi connectivity index (χ3n) is 5.05. The fourth-order valence-corrected chi connectivity index (χ4v) is 6.25. The Morgan fingerprint density at radius 2 is 2.34 bits per heavy atom. The Morgan fingerprint density at radius 1 is 1.48 bits per heavy atom. The molecule has 0 fully saturated rings. The highest BCUT2D eigenvalue weighted by Crippen LogP contribution is 2.39. The van der Waals surface area contributed by atoms with Crippen LogP contribution in [-0.4, -0.2) is 26.4 Å². The van der Waals surface area contributed by atoms with E-state index in [1.165, 1.54) is 21.5 Å². The van der Waals surface area contributed by atoms with Gasteiger partial charge in [0.05, 0.1) is 11.3 Å². The lowest BCUT2D eigenvalue weighted by Gasteiger charge is -2.17. The summed E-state index contributed by atoms with van der Waals surface area (Å²) < 4.78 is 1.93. The molecule has 0 radical (unpaired) electrons. The van der Waals surface area contributed by atoms with Crippen molar-refractivity contribution in [3.8, 4) is 6.07 Å². The van der Waals surface area contributed by atoms with E-state index in [4.69, 9.17) is 0 Å². The first kappa shape index (κ1) is 20.1. The Balaban J connectivity index is 1.39. The molecule has 1 N–H and O–H groups in total. The lowest BCUT2D eigenvalue weighted by Crippen LogP contribution is -2.14. The van der Waals surface area contributed by atoms with E-state index < -0.39 is 0 Å². The molecule has 9 heteroatoms. The van der Waals surface area contributed by atoms with E-state index in [0.29, 0.717) is 21.6 Å². The number of carbonyl (C=O) groups is 1. The van der Waals surface area contributed by atoms with Crippen molar-refractivity contribution in [2.24, 2.45) is 13.0 Å². The van der Waals surface area contributed by atoms with Crippen LogP contribution in [0.2, 0.25) is 0 Å². The summed E-state index contributed by atoms with van der Waals surface area (Å²) in [5.41, 5.74) is 1.78. The van der Waals surface area contributed by atoms with Gasteiger partial charge in [-0.2, -0.15) is 5.26 Å². The number of amides is 1. The van der Waals surface area contributed by atoms with E-state index in [0.717, 1.165) is 37.1 Å². The number of anilines is 1. The maximum Gasteiger partial charge on any atom is 0.235 e. The number of nitrogens with zero attached hydrogens (tertiary/aromatic N) is 4. The van der Waals surface area contributed by atoms with Gasteiger partial charge in [0.15, 0.2) is 5.16 Å². The highest BCUT2D eigenvalue weighted by atomic mass is 32.2. The van der Waals surface area contributed by atoms with Crippen molar-refractivity contribution < 1.29 is 4.79 Å². The zero-order valence-electron chi connectivity index (χ0n) is 16.3. The Labute approximate surface area is 182 Å². The minimum Gasteiger partial charge on any atom is -0.316 e. The first-order valence-corrected chi connectivity index (χ1v) is 12.1. The maximum atomic E-state index is 12.5. The van der Waals surface area contributed by atoms with Crippen molar-refractivity contribution in [2.75, 3.05) is 11.1 Å². The largest absolute Gasteiger partial charge is 0.316 e. The summed E-state index contributed by atoms with van der Waals surface area (Å²) in [5, 5.41) is 24.4. The minimum absolute atomic E-state index is 0.124. The molecule has 0 saturated carbocycles. The lowest BCUT2D eigenvalue weighted by molar-refractivity contribution is -0.113. The minimum atomic E-state index is -0.124. The molecule has 6 nitrogen and oxygen atoms in total. The van der Waals surface area contributed by atoms with Gasteiger partial charge in [-0.15, -0.1) is 32.9 Å². The molecule has 3 heterocycles. The molecule has 0 bridgehead atoms. The number of nitrogens with one attached hydrogen (secondary N) is 1. The van der Waals surface area contributed by atoms with Crippen LogP contribution in [0.5, 0.6) is 0 Å². The summed E-state index contributed by atoms with van der Waals surface area (Å²) in [7, 11) is 1.92. The summed E-state index contributed by atoms with van der Waals surface area (Å²) in [5.74, 6) is 1.61. The molecular formula is C20H21N5OS3. The van der Waals surface area contributed by atoms with Gasteiger partial charge in [-0.25, -0.2) is 0 Å². The van der Waals surface area contributed by atoms with Crippen LogP contribution in [0.25, 0.3) is 0 Å². The van der Waals surface area contributed by atoms with Crippen LogP contribution >= 0.6 is 34.4 Å². The third-order valence-corrected chi connectivity index (χ3v) is 8.11. The van der Waals surface area contributed by atoms with E-state index in [1.54, 1.807) is 22.7 Å². The van der Waals surface area contributed by atoms with Gasteiger partial charge < -0.3 is 9.88 Å². The van der Waals surface area contributed by atoms with Crippen molar-refractivity contribution in [1.29, 1.82) is 5.26 Å². The number of hydrogen-bond donors (Lipinski definition) is 1. The predicted molar refractivity (Wildman–Crippen MR) is 118 cm³/mol. The molecule has 0 aromatic carbocycles. The number of fused-ring (bicyclic) bond motifs is 1. The summed E-state index contributed by atoms with van der Waals surface area (Å²) in [6.07, 6.45) is 3.75. The molecule has 0 aliphatic heterocycles. The second kappa shape index (κ2) is 8.69. The van der Waals surface area contributed by atoms with E-state index >= 15 is 0 Å². The van der Waals surface area contributed by atoms with Crippen molar-refractivity contribution in [3.63, 3.8) is 0 Å². The van der Waals surface area contributed by atoms with Gasteiger partial charge >= 0.3 is 0 Å². The molecule has 1 amide bonds. The second-order valence-electron chi connectivity index (χ2n) is 7.22. The Bertz CT molecular complexity index is 1060. The topological polar surface area (TPSA) is 83.6 Å². The van der Waals surface area contributed by atoms with Crippen molar-refractivity contribution in [3.05, 3.63) is 44.2 Å². The first-order chi connectivity index (χ1) is 14.0. The van der Waals surface area contributed by atoms with Gasteiger partial charge in [0, 0.05) is 23.2 Å². The standard InChI is InChI=1S/C20H21N5OS3/c1-12-5-6-14-15(10-21)19(29-16(14)8-12)22-18(26)11-28-20-24-23-17(25(20)2)9-13-4-3-7-27-13/h3-4,7,12H,5-6,8-9,11H2,1-2H3,(H,22,26). The summed E-state index contributed by atoms with van der Waals surface area (Å²) in [4.78, 5) is 15.0. The van der Waals surface area contributed by atoms with Crippen LogP contribution in [0.15, 0.2) is 22.7 Å². The van der Waals surface area contributed by atoms with Gasteiger partial charge in [0.1, 0.15) is 16.9 Å². The van der Waals surface area contributed by atoms with Crippen molar-refractivity contribution >= 4 is 45.3 Å². The molecule has 1 aliphatic rings. The average Bonchev–Trinajstić information content (AvgIpc) is 3.40. The fraction of sp³-hybridized carbons (Fsp3) is 0.400. The van der Waals surface area contributed by atoms with Crippen LogP contribution < -0.4 is 5.32 Å². The van der Waals surface area contributed by atoms with Gasteiger partial charge in [0.25, 0.3) is 0 Å². The van der Waals surface area contributed by atoms with Crippen LogP contribution in [0.4, 0.5) is 5.00 Å². The van der Waals surface area contributed by atoms with Crippen molar-refractivity contribution in [2.45, 2.75) is 37.8 Å². The van der Waals surface area contributed by atoms with Crippen LogP contribution in [0.1, 0.15) is 40.1 Å². The first-order valence-electron chi connectivity index (χ1n) is 9.43. The molecule has 1 aliphatic carbocycles. The molecule has 0 spiro atoms. The van der Waals surface area contributed by atoms with Gasteiger partial charge in [-0.3, -0.25) is 4.79 Å². The van der Waals surface area contributed by atoms with Gasteiger partial charge in [0.2, 0.25) is 5.91 Å². The molecular weight excluding hydrogens is 422 g/mol. The number of thioether (sulfide) groups is 1. The quantitative estimate of drug-likeness (QED) is 0.576. The molecule has 0 saturated heterocycles. The second-order valence-corrected chi connectivity index (χ2v) is 10.3. The zero-order chi connectivity index (χ0) is 20.4. The summed E-state index contributed by atoms with van der Waals surface area (Å²) in [6, 6.07) is 6.39.